The van der Waals surface area contributed by atoms with Crippen LogP contribution < -0.4 is 5.32 Å². The van der Waals surface area contributed by atoms with E-state index in [0.717, 1.165) is 0 Å². The molecule has 1 atom stereocenters. The van der Waals surface area contributed by atoms with Crippen molar-refractivity contribution < 1.29 is 9.50 Å². The molecular weight excluding hydrogens is 375 g/mol. The molecule has 4 heterocycles. The predicted octanol–water partition coefficient (Wildman–Crippen LogP) is 2.37. The van der Waals surface area contributed by atoms with E-state index in [1.165, 1.54) is 24.8 Å². The number of benzene rings is 1. The number of fused-ring (bicyclic) bond motifs is 2. The highest BCUT2D eigenvalue weighted by molar-refractivity contribution is 5.82. The lowest BCUT2D eigenvalue weighted by Crippen LogP contribution is -2.20. The van der Waals surface area contributed by atoms with Gasteiger partial charge in [-0.15, -0.1) is 0 Å². The van der Waals surface area contributed by atoms with Gasteiger partial charge in [0.05, 0.1) is 24.0 Å². The lowest BCUT2D eigenvalue weighted by atomic mass is 10.2. The van der Waals surface area contributed by atoms with Gasteiger partial charge in [-0.25, -0.2) is 29.3 Å². The van der Waals surface area contributed by atoms with Gasteiger partial charge < -0.3 is 15.4 Å². The third-order valence-electron chi connectivity index (χ3n) is 4.55. The molecule has 0 bridgehead atoms. The molecule has 0 aliphatic carbocycles. The van der Waals surface area contributed by atoms with E-state index >= 15 is 0 Å². The molecule has 0 amide bonds. The van der Waals surface area contributed by atoms with E-state index in [0.29, 0.717) is 39.7 Å². The van der Waals surface area contributed by atoms with Crippen LogP contribution in [0.15, 0.2) is 55.2 Å². The Balaban J connectivity index is 1.67. The normalized spacial score (nSPS) is 12.5. The Morgan fingerprint density at radius 1 is 1.14 bits per heavy atom. The van der Waals surface area contributed by atoms with Gasteiger partial charge in [0.15, 0.2) is 11.5 Å². The summed E-state index contributed by atoms with van der Waals surface area (Å²) in [5, 5.41) is 13.3. The van der Waals surface area contributed by atoms with Crippen molar-refractivity contribution in [2.75, 3.05) is 11.9 Å². The number of pyridine rings is 1. The molecule has 144 valence electrons. The number of aliphatic hydroxyl groups excluding tert-OH is 1. The highest BCUT2D eigenvalue weighted by Gasteiger charge is 2.23. The van der Waals surface area contributed by atoms with Crippen LogP contribution in [0.1, 0.15) is 11.9 Å². The largest absolute Gasteiger partial charge is 0.394 e. The Hall–Kier alpha value is -3.92. The number of rotatable bonds is 5. The van der Waals surface area contributed by atoms with Crippen LogP contribution in [0.5, 0.6) is 0 Å². The van der Waals surface area contributed by atoms with Crippen LogP contribution in [-0.4, -0.2) is 46.2 Å². The standard InChI is InChI=1S/C19H15FN8O/c20-11-4-5-12-14(7-11)28(15-3-1-2-6-21-15)19(27-12)13(8-29)26-18-16-17(23-9-22-16)24-10-25-18/h1-7,9-10,13,29H,8H2,(H2,22,23,24,25,26). The van der Waals surface area contributed by atoms with E-state index in [1.54, 1.807) is 29.0 Å². The van der Waals surface area contributed by atoms with E-state index in [4.69, 9.17) is 0 Å². The number of anilines is 1. The van der Waals surface area contributed by atoms with Crippen molar-refractivity contribution in [1.29, 1.82) is 0 Å². The Bertz CT molecular complexity index is 1300. The molecule has 0 saturated carbocycles. The van der Waals surface area contributed by atoms with E-state index in [2.05, 4.69) is 35.2 Å². The van der Waals surface area contributed by atoms with Gasteiger partial charge in [-0.05, 0) is 24.3 Å². The monoisotopic (exact) mass is 390 g/mol. The first-order valence-corrected chi connectivity index (χ1v) is 8.85. The zero-order chi connectivity index (χ0) is 19.8. The van der Waals surface area contributed by atoms with Crippen LogP contribution in [0, 0.1) is 5.82 Å². The molecule has 3 N–H and O–H groups in total. The maximum Gasteiger partial charge on any atom is 0.182 e. The highest BCUT2D eigenvalue weighted by atomic mass is 19.1. The Morgan fingerprint density at radius 3 is 2.90 bits per heavy atom. The van der Waals surface area contributed by atoms with Gasteiger partial charge in [0.1, 0.15) is 35.3 Å². The van der Waals surface area contributed by atoms with E-state index in [9.17, 15) is 9.50 Å². The van der Waals surface area contributed by atoms with Crippen molar-refractivity contribution >= 4 is 28.0 Å². The first-order chi connectivity index (χ1) is 14.2. The molecule has 5 aromatic rings. The SMILES string of the molecule is OCC(Nc1ncnc2nc[nH]c12)c1nc2ccc(F)cc2n1-c1ccccn1. The van der Waals surface area contributed by atoms with Gasteiger partial charge in [-0.2, -0.15) is 0 Å². The zero-order valence-electron chi connectivity index (χ0n) is 15.0. The molecule has 0 radical (unpaired) electrons. The molecule has 9 nitrogen and oxygen atoms in total. The maximum atomic E-state index is 14.0. The smallest absolute Gasteiger partial charge is 0.182 e. The quantitative estimate of drug-likeness (QED) is 0.422. The van der Waals surface area contributed by atoms with Crippen LogP contribution in [0.3, 0.4) is 0 Å². The van der Waals surface area contributed by atoms with Crippen LogP contribution in [0.2, 0.25) is 0 Å². The first kappa shape index (κ1) is 17.2. The van der Waals surface area contributed by atoms with Gasteiger partial charge in [0.25, 0.3) is 0 Å². The van der Waals surface area contributed by atoms with Gasteiger partial charge in [-0.1, -0.05) is 6.07 Å². The molecule has 0 aliphatic rings. The molecule has 0 saturated heterocycles. The molecule has 1 unspecified atom stereocenters. The van der Waals surface area contributed by atoms with Gasteiger partial charge in [0, 0.05) is 12.3 Å². The van der Waals surface area contributed by atoms with Crippen molar-refractivity contribution in [3.63, 3.8) is 0 Å². The number of hydrogen-bond donors (Lipinski definition) is 3. The second-order valence-corrected chi connectivity index (χ2v) is 6.33. The molecule has 5 rings (SSSR count). The molecule has 1 aromatic carbocycles. The molecule has 0 aliphatic heterocycles. The van der Waals surface area contributed by atoms with Gasteiger partial charge in [0.2, 0.25) is 0 Å². The summed E-state index contributed by atoms with van der Waals surface area (Å²) in [6, 6.07) is 9.11. The number of nitrogens with one attached hydrogen (secondary N) is 2. The number of H-pyrrole nitrogens is 1. The molecule has 29 heavy (non-hydrogen) atoms. The number of nitrogens with zero attached hydrogens (tertiary/aromatic N) is 6. The molecular formula is C19H15FN8O. The summed E-state index contributed by atoms with van der Waals surface area (Å²) in [6.07, 6.45) is 4.55. The summed E-state index contributed by atoms with van der Waals surface area (Å²) in [5.41, 5.74) is 2.24. The summed E-state index contributed by atoms with van der Waals surface area (Å²) < 4.78 is 15.7. The van der Waals surface area contributed by atoms with E-state index < -0.39 is 6.04 Å². The average Bonchev–Trinajstić information content (AvgIpc) is 3.37. The Morgan fingerprint density at radius 2 is 2.07 bits per heavy atom. The molecule has 4 aromatic heterocycles. The van der Waals surface area contributed by atoms with Crippen molar-refractivity contribution in [3.8, 4) is 5.82 Å². The third kappa shape index (κ3) is 2.95. The lowest BCUT2D eigenvalue weighted by molar-refractivity contribution is 0.271. The van der Waals surface area contributed by atoms with Crippen molar-refractivity contribution in [1.82, 2.24) is 34.5 Å². The first-order valence-electron chi connectivity index (χ1n) is 8.85. The minimum atomic E-state index is -0.645. The van der Waals surface area contributed by atoms with Crippen molar-refractivity contribution in [2.45, 2.75) is 6.04 Å². The van der Waals surface area contributed by atoms with E-state index in [-0.39, 0.29) is 12.4 Å². The number of aliphatic hydroxyl groups is 1. The maximum absolute atomic E-state index is 14.0. The fraction of sp³-hybridized carbons (Fsp3) is 0.105. The minimum Gasteiger partial charge on any atom is -0.394 e. The summed E-state index contributed by atoms with van der Waals surface area (Å²) in [4.78, 5) is 24.4. The lowest BCUT2D eigenvalue weighted by Gasteiger charge is -2.18. The summed E-state index contributed by atoms with van der Waals surface area (Å²) in [6.45, 7) is -0.279. The Kier molecular flexibility index (Phi) is 4.10. The predicted molar refractivity (Wildman–Crippen MR) is 104 cm³/mol. The summed E-state index contributed by atoms with van der Waals surface area (Å²) >= 11 is 0. The number of imidazole rings is 2. The third-order valence-corrected chi connectivity index (χ3v) is 4.55. The fourth-order valence-electron chi connectivity index (χ4n) is 3.26. The van der Waals surface area contributed by atoms with Crippen LogP contribution >= 0.6 is 0 Å². The second kappa shape index (κ2) is 6.91. The van der Waals surface area contributed by atoms with Gasteiger partial charge in [-0.3, -0.25) is 4.57 Å². The molecule has 0 spiro atoms. The summed E-state index contributed by atoms with van der Waals surface area (Å²) in [7, 11) is 0. The number of aromatic amines is 1. The minimum absolute atomic E-state index is 0.279. The highest BCUT2D eigenvalue weighted by Crippen LogP contribution is 2.28. The Labute approximate surface area is 163 Å². The fourth-order valence-corrected chi connectivity index (χ4v) is 3.26. The number of aromatic nitrogens is 7. The van der Waals surface area contributed by atoms with Crippen LogP contribution in [0.4, 0.5) is 10.2 Å². The van der Waals surface area contributed by atoms with E-state index in [1.807, 2.05) is 6.07 Å². The number of halogens is 1. The zero-order valence-corrected chi connectivity index (χ0v) is 15.0. The summed E-state index contributed by atoms with van der Waals surface area (Å²) in [5.74, 6) is 1.12. The number of hydrogen-bond acceptors (Lipinski definition) is 7. The second-order valence-electron chi connectivity index (χ2n) is 6.33. The van der Waals surface area contributed by atoms with Crippen molar-refractivity contribution in [2.24, 2.45) is 0 Å². The average molecular weight is 390 g/mol. The topological polar surface area (TPSA) is 117 Å². The molecule has 0 fully saturated rings. The van der Waals surface area contributed by atoms with Crippen molar-refractivity contribution in [3.05, 3.63) is 66.9 Å². The van der Waals surface area contributed by atoms with Gasteiger partial charge >= 0.3 is 0 Å². The van der Waals surface area contributed by atoms with Crippen LogP contribution in [0.25, 0.3) is 28.0 Å². The molecule has 10 heteroatoms. The van der Waals surface area contributed by atoms with Crippen LogP contribution in [-0.2, 0) is 0 Å².